The van der Waals surface area contributed by atoms with Gasteiger partial charge < -0.3 is 15.8 Å². The maximum atomic E-state index is 5.93. The van der Waals surface area contributed by atoms with Crippen molar-refractivity contribution in [2.75, 3.05) is 32.8 Å². The van der Waals surface area contributed by atoms with E-state index in [1.54, 1.807) is 0 Å². The highest BCUT2D eigenvalue weighted by atomic mass is 127. The lowest BCUT2D eigenvalue weighted by Gasteiger charge is -2.38. The molecule has 1 saturated heterocycles. The minimum atomic E-state index is 0. The van der Waals surface area contributed by atoms with Crippen LogP contribution in [0.1, 0.15) is 40.5 Å². The fourth-order valence-corrected chi connectivity index (χ4v) is 2.84. The van der Waals surface area contributed by atoms with Gasteiger partial charge in [-0.15, -0.1) is 24.0 Å². The molecule has 0 aromatic rings. The van der Waals surface area contributed by atoms with E-state index >= 15 is 0 Å². The minimum absolute atomic E-state index is 0. The van der Waals surface area contributed by atoms with E-state index in [-0.39, 0.29) is 24.0 Å². The fraction of sp³-hybridized carbons (Fsp3) is 0.933. The largest absolute Gasteiger partial charge is 0.379 e. The number of hydrogen-bond donors (Lipinski definition) is 2. The summed E-state index contributed by atoms with van der Waals surface area (Å²) in [4.78, 5) is 7.08. The maximum absolute atomic E-state index is 5.93. The van der Waals surface area contributed by atoms with Crippen molar-refractivity contribution in [2.45, 2.75) is 52.6 Å². The number of nitrogens with two attached hydrogens (primary N) is 1. The van der Waals surface area contributed by atoms with Crippen LogP contribution in [0, 0.1) is 5.92 Å². The molecule has 126 valence electrons. The van der Waals surface area contributed by atoms with Crippen LogP contribution >= 0.6 is 24.0 Å². The Morgan fingerprint density at radius 2 is 1.81 bits per heavy atom. The first-order chi connectivity index (χ1) is 9.58. The molecule has 0 spiro atoms. The Balaban J connectivity index is 0.00000400. The van der Waals surface area contributed by atoms with E-state index in [1.807, 2.05) is 0 Å². The summed E-state index contributed by atoms with van der Waals surface area (Å²) in [6.45, 7) is 13.1. The summed E-state index contributed by atoms with van der Waals surface area (Å²) in [6, 6.07) is 0.801. The molecule has 0 aromatic heterocycles. The van der Waals surface area contributed by atoms with Crippen LogP contribution in [0.25, 0.3) is 0 Å². The molecular formula is C15H33IN4O. The van der Waals surface area contributed by atoms with Gasteiger partial charge in [0.2, 0.25) is 0 Å². The molecule has 0 aliphatic carbocycles. The molecule has 21 heavy (non-hydrogen) atoms. The Labute approximate surface area is 147 Å². The minimum Gasteiger partial charge on any atom is -0.379 e. The molecule has 0 radical (unpaired) electrons. The summed E-state index contributed by atoms with van der Waals surface area (Å²) in [5, 5.41) is 3.16. The number of rotatable bonds is 7. The summed E-state index contributed by atoms with van der Waals surface area (Å²) in [5.74, 6) is 1.23. The molecule has 1 fully saturated rings. The lowest BCUT2D eigenvalue weighted by Crippen LogP contribution is -2.49. The molecule has 5 nitrogen and oxygen atoms in total. The second-order valence-electron chi connectivity index (χ2n) is 5.82. The lowest BCUT2D eigenvalue weighted by atomic mass is 9.92. The maximum Gasteiger partial charge on any atom is 0.188 e. The van der Waals surface area contributed by atoms with Gasteiger partial charge in [0, 0.05) is 25.2 Å². The number of nitrogens with zero attached hydrogens (tertiary/aromatic N) is 2. The van der Waals surface area contributed by atoms with Gasteiger partial charge in [0.15, 0.2) is 5.96 Å². The van der Waals surface area contributed by atoms with Crippen molar-refractivity contribution >= 4 is 29.9 Å². The third-order valence-corrected chi connectivity index (χ3v) is 3.99. The number of morpholine rings is 1. The quantitative estimate of drug-likeness (QED) is 0.382. The summed E-state index contributed by atoms with van der Waals surface area (Å²) < 4.78 is 5.46. The number of aliphatic imine (C=N–C) groups is 1. The monoisotopic (exact) mass is 412 g/mol. The van der Waals surface area contributed by atoms with Crippen LogP contribution in [0.5, 0.6) is 0 Å². The molecule has 1 heterocycles. The normalized spacial score (nSPS) is 18.7. The van der Waals surface area contributed by atoms with E-state index in [0.29, 0.717) is 24.0 Å². The first-order valence-corrected chi connectivity index (χ1v) is 7.96. The van der Waals surface area contributed by atoms with E-state index in [9.17, 15) is 0 Å². The summed E-state index contributed by atoms with van der Waals surface area (Å²) in [6.07, 6.45) is 2.37. The Kier molecular flexibility index (Phi) is 11.4. The third kappa shape index (κ3) is 7.65. The zero-order valence-corrected chi connectivity index (χ0v) is 16.3. The van der Waals surface area contributed by atoms with Gasteiger partial charge in [0.05, 0.1) is 19.8 Å². The molecule has 0 amide bonds. The van der Waals surface area contributed by atoms with Gasteiger partial charge in [-0.1, -0.05) is 26.7 Å². The van der Waals surface area contributed by atoms with Crippen LogP contribution in [0.15, 0.2) is 4.99 Å². The summed E-state index contributed by atoms with van der Waals surface area (Å²) >= 11 is 0. The second-order valence-corrected chi connectivity index (χ2v) is 5.82. The van der Waals surface area contributed by atoms with Crippen molar-refractivity contribution in [3.8, 4) is 0 Å². The van der Waals surface area contributed by atoms with Crippen molar-refractivity contribution in [3.05, 3.63) is 0 Å². The zero-order valence-electron chi connectivity index (χ0n) is 14.0. The van der Waals surface area contributed by atoms with E-state index in [0.717, 1.165) is 32.8 Å². The van der Waals surface area contributed by atoms with Crippen LogP contribution in [-0.4, -0.2) is 55.8 Å². The average Bonchev–Trinajstić information content (AvgIpc) is 2.43. The lowest BCUT2D eigenvalue weighted by molar-refractivity contribution is 0.00396. The third-order valence-electron chi connectivity index (χ3n) is 3.99. The molecule has 6 heteroatoms. The highest BCUT2D eigenvalue weighted by Crippen LogP contribution is 2.20. The highest BCUT2D eigenvalue weighted by Gasteiger charge is 2.26. The molecule has 1 unspecified atom stereocenters. The van der Waals surface area contributed by atoms with E-state index in [4.69, 9.17) is 10.5 Å². The van der Waals surface area contributed by atoms with E-state index < -0.39 is 0 Å². The van der Waals surface area contributed by atoms with Crippen LogP contribution < -0.4 is 11.1 Å². The molecule has 1 aliphatic rings. The number of halogens is 1. The zero-order chi connectivity index (χ0) is 15.0. The van der Waals surface area contributed by atoms with Crippen molar-refractivity contribution in [3.63, 3.8) is 0 Å². The van der Waals surface area contributed by atoms with Gasteiger partial charge in [-0.2, -0.15) is 0 Å². The van der Waals surface area contributed by atoms with E-state index in [1.165, 1.54) is 12.8 Å². The van der Waals surface area contributed by atoms with Crippen molar-refractivity contribution in [1.29, 1.82) is 0 Å². The molecule has 1 atom stereocenters. The van der Waals surface area contributed by atoms with Crippen molar-refractivity contribution in [1.82, 2.24) is 10.2 Å². The van der Waals surface area contributed by atoms with Gasteiger partial charge in [0.1, 0.15) is 0 Å². The number of nitrogens with one attached hydrogen (secondary N) is 1. The van der Waals surface area contributed by atoms with Crippen LogP contribution in [0.3, 0.4) is 0 Å². The first kappa shape index (κ1) is 20.9. The van der Waals surface area contributed by atoms with Crippen LogP contribution in [0.4, 0.5) is 0 Å². The Morgan fingerprint density at radius 3 is 2.29 bits per heavy atom. The number of guanidine groups is 1. The second kappa shape index (κ2) is 11.5. The average molecular weight is 412 g/mol. The highest BCUT2D eigenvalue weighted by molar-refractivity contribution is 14.0. The fourth-order valence-electron chi connectivity index (χ4n) is 2.84. The summed E-state index contributed by atoms with van der Waals surface area (Å²) in [5.41, 5.74) is 5.93. The summed E-state index contributed by atoms with van der Waals surface area (Å²) in [7, 11) is 0. The molecular weight excluding hydrogens is 379 g/mol. The Bertz CT molecular complexity index is 289. The molecule has 3 N–H and O–H groups in total. The van der Waals surface area contributed by atoms with Gasteiger partial charge >= 0.3 is 0 Å². The smallest absolute Gasteiger partial charge is 0.188 e. The van der Waals surface area contributed by atoms with Gasteiger partial charge in [0.25, 0.3) is 0 Å². The Morgan fingerprint density at radius 1 is 1.24 bits per heavy atom. The molecule has 1 aliphatic heterocycles. The standard InChI is InChI=1S/C15H32N4O.HI/c1-5-13(6-2)14(19-7-9-20-10-8-19)11-17-15(16)18-12(3)4;/h12-14H,5-11H2,1-4H3,(H3,16,17,18);1H. The number of hydrogen-bond acceptors (Lipinski definition) is 3. The van der Waals surface area contributed by atoms with Crippen LogP contribution in [0.2, 0.25) is 0 Å². The number of ether oxygens (including phenoxy) is 1. The predicted octanol–water partition coefficient (Wildman–Crippen LogP) is 2.05. The first-order valence-electron chi connectivity index (χ1n) is 7.96. The molecule has 1 rings (SSSR count). The van der Waals surface area contributed by atoms with Crippen LogP contribution in [-0.2, 0) is 4.74 Å². The van der Waals surface area contributed by atoms with Crippen molar-refractivity contribution < 1.29 is 4.74 Å². The topological polar surface area (TPSA) is 62.9 Å². The SMILES string of the molecule is CCC(CC)C(CN=C(N)NC(C)C)N1CCOCC1.I. The van der Waals surface area contributed by atoms with Gasteiger partial charge in [-0.05, 0) is 19.8 Å². The van der Waals surface area contributed by atoms with Gasteiger partial charge in [-0.25, -0.2) is 0 Å². The molecule has 0 saturated carbocycles. The van der Waals surface area contributed by atoms with Crippen molar-refractivity contribution in [2.24, 2.45) is 16.6 Å². The van der Waals surface area contributed by atoms with E-state index in [2.05, 4.69) is 42.9 Å². The van der Waals surface area contributed by atoms with Gasteiger partial charge in [-0.3, -0.25) is 9.89 Å². The molecule has 0 bridgehead atoms. The Hall–Kier alpha value is -0.0800. The molecule has 0 aromatic carbocycles. The predicted molar refractivity (Wildman–Crippen MR) is 100 cm³/mol.